The van der Waals surface area contributed by atoms with Gasteiger partial charge in [-0.05, 0) is 35.2 Å². The lowest BCUT2D eigenvalue weighted by atomic mass is 10.1. The molecule has 3 rings (SSSR count). The minimum Gasteiger partial charge on any atom is -0.378 e. The summed E-state index contributed by atoms with van der Waals surface area (Å²) in [6, 6.07) is 1.59. The van der Waals surface area contributed by atoms with Crippen LogP contribution in [0.4, 0.5) is 31.3 Å². The van der Waals surface area contributed by atoms with E-state index in [4.69, 9.17) is 4.74 Å². The van der Waals surface area contributed by atoms with E-state index in [1.54, 1.807) is 4.90 Å². The van der Waals surface area contributed by atoms with Gasteiger partial charge < -0.3 is 9.64 Å². The molecular formula is C18H16F6N2O4S2. The van der Waals surface area contributed by atoms with Gasteiger partial charge in [0.25, 0.3) is 10.0 Å². The molecule has 32 heavy (non-hydrogen) atoms. The quantitative estimate of drug-likeness (QED) is 0.628. The highest BCUT2D eigenvalue weighted by molar-refractivity contribution is 7.93. The Labute approximate surface area is 182 Å². The smallest absolute Gasteiger partial charge is 0.378 e. The Morgan fingerprint density at radius 1 is 1.06 bits per heavy atom. The molecule has 0 atom stereocenters. The van der Waals surface area contributed by atoms with Crippen molar-refractivity contribution >= 4 is 32.3 Å². The fraction of sp³-hybridized carbons (Fsp3) is 0.389. The number of carbonyl (C=O) groups excluding carboxylic acids is 1. The minimum absolute atomic E-state index is 0.0493. The third-order valence-electron chi connectivity index (χ3n) is 4.51. The number of amides is 1. The number of nitrogens with one attached hydrogen (secondary N) is 1. The van der Waals surface area contributed by atoms with Crippen molar-refractivity contribution in [3.05, 3.63) is 46.3 Å². The number of nitrogens with zero attached hydrogens (tertiary/aromatic N) is 1. The molecule has 14 heteroatoms. The van der Waals surface area contributed by atoms with Crippen molar-refractivity contribution in [1.29, 1.82) is 0 Å². The molecule has 1 saturated heterocycles. The summed E-state index contributed by atoms with van der Waals surface area (Å²) in [4.78, 5) is 12.5. The van der Waals surface area contributed by atoms with Gasteiger partial charge in [0, 0.05) is 13.1 Å². The van der Waals surface area contributed by atoms with Crippen molar-refractivity contribution in [3.63, 3.8) is 0 Å². The molecule has 0 aliphatic carbocycles. The molecule has 1 fully saturated rings. The normalized spacial score (nSPS) is 15.6. The Morgan fingerprint density at radius 3 is 2.31 bits per heavy atom. The molecule has 0 bridgehead atoms. The summed E-state index contributed by atoms with van der Waals surface area (Å²) in [6.07, 6.45) is -10.5. The number of thiophene rings is 1. The van der Waals surface area contributed by atoms with Gasteiger partial charge in [-0.25, -0.2) is 8.42 Å². The van der Waals surface area contributed by atoms with Gasteiger partial charge in [0.15, 0.2) is 0 Å². The van der Waals surface area contributed by atoms with Gasteiger partial charge in [-0.15, -0.1) is 11.3 Å². The summed E-state index contributed by atoms with van der Waals surface area (Å²) in [6.45, 7) is 1.62. The maximum Gasteiger partial charge on any atom is 0.417 e. The number of anilines is 1. The summed E-state index contributed by atoms with van der Waals surface area (Å²) >= 11 is 0.834. The molecule has 6 nitrogen and oxygen atoms in total. The number of alkyl halides is 6. The van der Waals surface area contributed by atoms with Gasteiger partial charge in [-0.3, -0.25) is 9.52 Å². The number of carbonyl (C=O) groups is 1. The van der Waals surface area contributed by atoms with Crippen molar-refractivity contribution in [2.24, 2.45) is 0 Å². The van der Waals surface area contributed by atoms with E-state index in [2.05, 4.69) is 0 Å². The molecule has 1 aromatic heterocycles. The fourth-order valence-corrected chi connectivity index (χ4v) is 5.29. The van der Waals surface area contributed by atoms with Crippen LogP contribution in [0.15, 0.2) is 34.5 Å². The first-order valence-corrected chi connectivity index (χ1v) is 11.4. The van der Waals surface area contributed by atoms with Crippen LogP contribution in [0.5, 0.6) is 0 Å². The van der Waals surface area contributed by atoms with Crippen molar-refractivity contribution in [1.82, 2.24) is 4.90 Å². The Hall–Kier alpha value is -2.32. The number of halogens is 6. The second kappa shape index (κ2) is 8.90. The highest BCUT2D eigenvalue weighted by Crippen LogP contribution is 2.39. The lowest BCUT2D eigenvalue weighted by Gasteiger charge is -2.26. The van der Waals surface area contributed by atoms with E-state index < -0.39 is 38.4 Å². The molecule has 0 spiro atoms. The first-order chi connectivity index (χ1) is 14.8. The molecule has 0 unspecified atom stereocenters. The average molecular weight is 502 g/mol. The van der Waals surface area contributed by atoms with E-state index in [1.165, 1.54) is 11.4 Å². The zero-order valence-electron chi connectivity index (χ0n) is 16.1. The first kappa shape index (κ1) is 24.3. The fourth-order valence-electron chi connectivity index (χ4n) is 2.97. The minimum atomic E-state index is -5.34. The van der Waals surface area contributed by atoms with E-state index in [-0.39, 0.29) is 35.5 Å². The van der Waals surface area contributed by atoms with Crippen LogP contribution in [0.2, 0.25) is 0 Å². The zero-order chi connectivity index (χ0) is 23.7. The predicted octanol–water partition coefficient (Wildman–Crippen LogP) is 3.99. The number of morpholine rings is 1. The number of hydrogen-bond donors (Lipinski definition) is 1. The third kappa shape index (κ3) is 5.72. The number of hydrogen-bond acceptors (Lipinski definition) is 5. The van der Waals surface area contributed by atoms with Crippen LogP contribution in [-0.4, -0.2) is 45.5 Å². The van der Waals surface area contributed by atoms with Gasteiger partial charge in [0.05, 0.1) is 35.7 Å². The number of benzene rings is 1. The summed E-state index contributed by atoms with van der Waals surface area (Å²) in [5, 5.41) is 1.39. The van der Waals surface area contributed by atoms with Crippen LogP contribution < -0.4 is 4.72 Å². The van der Waals surface area contributed by atoms with Crippen molar-refractivity contribution in [2.75, 3.05) is 31.0 Å². The van der Waals surface area contributed by atoms with Gasteiger partial charge in [-0.1, -0.05) is 0 Å². The summed E-state index contributed by atoms with van der Waals surface area (Å²) in [7, 11) is -4.86. The molecule has 0 saturated carbocycles. The van der Waals surface area contributed by atoms with Crippen LogP contribution in [0, 0.1) is 0 Å². The molecule has 1 N–H and O–H groups in total. The van der Waals surface area contributed by atoms with Crippen molar-refractivity contribution < 1.29 is 44.3 Å². The van der Waals surface area contributed by atoms with Crippen LogP contribution in [0.1, 0.15) is 16.7 Å². The summed E-state index contributed by atoms with van der Waals surface area (Å²) in [5.41, 5.74) is -3.12. The maximum absolute atomic E-state index is 13.3. The second-order valence-corrected chi connectivity index (χ2v) is 9.36. The Bertz CT molecular complexity index is 1090. The van der Waals surface area contributed by atoms with Crippen LogP contribution in [0.3, 0.4) is 0 Å². The predicted molar refractivity (Wildman–Crippen MR) is 103 cm³/mol. The highest BCUT2D eigenvalue weighted by Gasteiger charge is 2.41. The highest BCUT2D eigenvalue weighted by atomic mass is 32.2. The molecule has 1 aliphatic heterocycles. The van der Waals surface area contributed by atoms with Crippen molar-refractivity contribution in [2.45, 2.75) is 23.7 Å². The zero-order valence-corrected chi connectivity index (χ0v) is 17.7. The molecule has 0 radical (unpaired) electrons. The van der Waals surface area contributed by atoms with Gasteiger partial charge in [-0.2, -0.15) is 26.3 Å². The maximum atomic E-state index is 13.3. The first-order valence-electron chi connectivity index (χ1n) is 9.01. The molecule has 176 valence electrons. The van der Waals surface area contributed by atoms with E-state index in [0.717, 1.165) is 11.3 Å². The van der Waals surface area contributed by atoms with E-state index in [9.17, 15) is 39.6 Å². The van der Waals surface area contributed by atoms with Crippen LogP contribution in [0.25, 0.3) is 0 Å². The molecule has 1 amide bonds. The third-order valence-corrected chi connectivity index (χ3v) is 6.96. The molecule has 1 aromatic carbocycles. The number of sulfonamides is 1. The molecule has 2 aromatic rings. The standard InChI is InChI=1S/C18H16F6N2O4S2/c19-17(20,21)12-1-2-14(13(9-12)18(22,23)24)32(28,29)25-15-7-11(10-31-15)8-16(27)26-3-5-30-6-4-26/h1-2,7,9-10,25H,3-6,8H2. The summed E-state index contributed by atoms with van der Waals surface area (Å²) in [5.74, 6) is -0.220. The van der Waals surface area contributed by atoms with Gasteiger partial charge in [0.1, 0.15) is 5.00 Å². The largest absolute Gasteiger partial charge is 0.417 e. The van der Waals surface area contributed by atoms with E-state index >= 15 is 0 Å². The lowest BCUT2D eigenvalue weighted by Crippen LogP contribution is -2.41. The van der Waals surface area contributed by atoms with Crippen LogP contribution in [-0.2, 0) is 38.3 Å². The Balaban J connectivity index is 1.81. The number of rotatable bonds is 5. The Morgan fingerprint density at radius 2 is 1.72 bits per heavy atom. The van der Waals surface area contributed by atoms with Crippen LogP contribution >= 0.6 is 11.3 Å². The topological polar surface area (TPSA) is 75.7 Å². The van der Waals surface area contributed by atoms with Gasteiger partial charge >= 0.3 is 12.4 Å². The average Bonchev–Trinajstić information content (AvgIpc) is 3.12. The monoisotopic (exact) mass is 502 g/mol. The summed E-state index contributed by atoms with van der Waals surface area (Å²) < 4.78 is 110. The molecule has 2 heterocycles. The van der Waals surface area contributed by atoms with Crippen molar-refractivity contribution in [3.8, 4) is 0 Å². The van der Waals surface area contributed by atoms with E-state index in [1.807, 2.05) is 4.72 Å². The van der Waals surface area contributed by atoms with E-state index in [0.29, 0.717) is 31.9 Å². The Kier molecular flexibility index (Phi) is 6.77. The molecular weight excluding hydrogens is 486 g/mol. The molecule has 1 aliphatic rings. The number of ether oxygens (including phenoxy) is 1. The SMILES string of the molecule is O=C(Cc1csc(NS(=O)(=O)c2ccc(C(F)(F)F)cc2C(F)(F)F)c1)N1CCOCC1. The van der Waals surface area contributed by atoms with Gasteiger partial charge in [0.2, 0.25) is 5.91 Å². The second-order valence-electron chi connectivity index (χ2n) is 6.80. The lowest BCUT2D eigenvalue weighted by molar-refractivity contribution is -0.144.